The maximum atomic E-state index is 12.2. The summed E-state index contributed by atoms with van der Waals surface area (Å²) in [5, 5.41) is 0. The molecule has 0 aliphatic heterocycles. The summed E-state index contributed by atoms with van der Waals surface area (Å²) in [6.07, 6.45) is 0.770. The van der Waals surface area contributed by atoms with Gasteiger partial charge in [-0.15, -0.1) is 11.6 Å². The summed E-state index contributed by atoms with van der Waals surface area (Å²) in [6, 6.07) is 14.0. The molecule has 0 unspecified atom stereocenters. The number of hydrogen-bond donors (Lipinski definition) is 1. The molecule has 0 aromatic heterocycles. The van der Waals surface area contributed by atoms with Gasteiger partial charge in [-0.05, 0) is 43.2 Å². The summed E-state index contributed by atoms with van der Waals surface area (Å²) < 4.78 is 26.9. The van der Waals surface area contributed by atoms with Gasteiger partial charge in [-0.3, -0.25) is 4.72 Å². The van der Waals surface area contributed by atoms with Crippen molar-refractivity contribution in [3.8, 4) is 0 Å². The van der Waals surface area contributed by atoms with Gasteiger partial charge in [-0.1, -0.05) is 29.8 Å². The Kier molecular flexibility index (Phi) is 4.68. The zero-order chi connectivity index (χ0) is 14.6. The highest BCUT2D eigenvalue weighted by Gasteiger charge is 2.13. The summed E-state index contributed by atoms with van der Waals surface area (Å²) in [6.45, 7) is 1.92. The molecule has 2 aromatic rings. The minimum absolute atomic E-state index is 0.257. The monoisotopic (exact) mass is 309 g/mol. The average Bonchev–Trinajstić information content (AvgIpc) is 2.41. The van der Waals surface area contributed by atoms with Gasteiger partial charge in [0.15, 0.2) is 0 Å². The van der Waals surface area contributed by atoms with E-state index in [9.17, 15) is 8.42 Å². The summed E-state index contributed by atoms with van der Waals surface area (Å²) in [4.78, 5) is 0.257. The summed E-state index contributed by atoms with van der Waals surface area (Å²) in [7, 11) is -3.53. The van der Waals surface area contributed by atoms with Crippen molar-refractivity contribution in [2.75, 3.05) is 10.6 Å². The van der Waals surface area contributed by atoms with Gasteiger partial charge in [0.1, 0.15) is 0 Å². The third kappa shape index (κ3) is 3.74. The molecule has 106 valence electrons. The van der Waals surface area contributed by atoms with E-state index >= 15 is 0 Å². The molecule has 0 heterocycles. The maximum Gasteiger partial charge on any atom is 0.261 e. The van der Waals surface area contributed by atoms with E-state index in [2.05, 4.69) is 4.72 Å². The Morgan fingerprint density at radius 3 is 2.15 bits per heavy atom. The molecular formula is C15H16ClNO2S. The van der Waals surface area contributed by atoms with Crippen LogP contribution in [-0.4, -0.2) is 14.3 Å². The molecule has 0 aliphatic rings. The Morgan fingerprint density at radius 2 is 1.60 bits per heavy atom. The Bertz CT molecular complexity index is 664. The predicted octanol–water partition coefficient (Wildman–Crippen LogP) is 3.58. The molecule has 0 saturated heterocycles. The molecule has 0 amide bonds. The third-order valence-electron chi connectivity index (χ3n) is 2.92. The highest BCUT2D eigenvalue weighted by atomic mass is 35.5. The van der Waals surface area contributed by atoms with Crippen molar-refractivity contribution in [2.24, 2.45) is 0 Å². The summed E-state index contributed by atoms with van der Waals surface area (Å²) >= 11 is 5.66. The van der Waals surface area contributed by atoms with Crippen LogP contribution >= 0.6 is 11.6 Å². The molecule has 2 rings (SSSR count). The van der Waals surface area contributed by atoms with Crippen LogP contribution in [0.1, 0.15) is 11.1 Å². The first-order chi connectivity index (χ1) is 9.51. The fourth-order valence-corrected chi connectivity index (χ4v) is 3.06. The third-order valence-corrected chi connectivity index (χ3v) is 4.51. The highest BCUT2D eigenvalue weighted by Crippen LogP contribution is 2.17. The number of halogens is 1. The van der Waals surface area contributed by atoms with Crippen molar-refractivity contribution in [3.63, 3.8) is 0 Å². The molecule has 0 aliphatic carbocycles. The van der Waals surface area contributed by atoms with E-state index in [4.69, 9.17) is 11.6 Å². The normalized spacial score (nSPS) is 11.3. The lowest BCUT2D eigenvalue weighted by Crippen LogP contribution is -2.12. The largest absolute Gasteiger partial charge is 0.280 e. The number of hydrogen-bond acceptors (Lipinski definition) is 2. The van der Waals surface area contributed by atoms with Crippen molar-refractivity contribution >= 4 is 27.3 Å². The number of benzene rings is 2. The zero-order valence-corrected chi connectivity index (χ0v) is 12.7. The molecule has 0 spiro atoms. The van der Waals surface area contributed by atoms with E-state index in [0.717, 1.165) is 17.5 Å². The van der Waals surface area contributed by atoms with Crippen LogP contribution in [0.15, 0.2) is 53.4 Å². The number of anilines is 1. The van der Waals surface area contributed by atoms with Gasteiger partial charge < -0.3 is 0 Å². The van der Waals surface area contributed by atoms with Crippen LogP contribution in [0.3, 0.4) is 0 Å². The second kappa shape index (κ2) is 6.29. The Labute approximate surface area is 124 Å². The number of aryl methyl sites for hydroxylation is 2. The van der Waals surface area contributed by atoms with Crippen LogP contribution in [0.4, 0.5) is 5.69 Å². The molecule has 0 atom stereocenters. The van der Waals surface area contributed by atoms with E-state index in [-0.39, 0.29) is 4.90 Å². The predicted molar refractivity (Wildman–Crippen MR) is 82.9 cm³/mol. The Morgan fingerprint density at radius 1 is 1.00 bits per heavy atom. The fraction of sp³-hybridized carbons (Fsp3) is 0.200. The Hall–Kier alpha value is -1.52. The lowest BCUT2D eigenvalue weighted by Gasteiger charge is -2.09. The quantitative estimate of drug-likeness (QED) is 0.858. The van der Waals surface area contributed by atoms with E-state index in [1.54, 1.807) is 36.4 Å². The molecule has 3 nitrogen and oxygen atoms in total. The standard InChI is InChI=1S/C15H16ClNO2S/c1-12-2-8-15(9-3-12)20(18,19)17-14-6-4-13(5-7-14)10-11-16/h2-9,17H,10-11H2,1H3. The highest BCUT2D eigenvalue weighted by molar-refractivity contribution is 7.92. The summed E-state index contributed by atoms with van der Waals surface area (Å²) in [5.74, 6) is 0.550. The topological polar surface area (TPSA) is 46.2 Å². The van der Waals surface area contributed by atoms with Crippen LogP contribution < -0.4 is 4.72 Å². The molecule has 2 aromatic carbocycles. The van der Waals surface area contributed by atoms with Gasteiger partial charge >= 0.3 is 0 Å². The van der Waals surface area contributed by atoms with Crippen LogP contribution in [0, 0.1) is 6.92 Å². The van der Waals surface area contributed by atoms with E-state index < -0.39 is 10.0 Å². The number of alkyl halides is 1. The van der Waals surface area contributed by atoms with Crippen LogP contribution in [0.25, 0.3) is 0 Å². The number of nitrogens with one attached hydrogen (secondary N) is 1. The molecule has 5 heteroatoms. The Balaban J connectivity index is 2.17. The van der Waals surface area contributed by atoms with Gasteiger partial charge in [0, 0.05) is 11.6 Å². The first-order valence-corrected chi connectivity index (χ1v) is 8.27. The van der Waals surface area contributed by atoms with E-state index in [1.165, 1.54) is 0 Å². The van der Waals surface area contributed by atoms with Crippen molar-refractivity contribution in [2.45, 2.75) is 18.2 Å². The average molecular weight is 310 g/mol. The van der Waals surface area contributed by atoms with Gasteiger partial charge in [-0.25, -0.2) is 8.42 Å². The van der Waals surface area contributed by atoms with Crippen molar-refractivity contribution in [1.82, 2.24) is 0 Å². The van der Waals surface area contributed by atoms with Gasteiger partial charge in [0.25, 0.3) is 10.0 Å². The van der Waals surface area contributed by atoms with Crippen molar-refractivity contribution < 1.29 is 8.42 Å². The number of rotatable bonds is 5. The van der Waals surface area contributed by atoms with E-state index in [0.29, 0.717) is 11.6 Å². The van der Waals surface area contributed by atoms with Gasteiger partial charge in [-0.2, -0.15) is 0 Å². The molecule has 1 N–H and O–H groups in total. The first kappa shape index (κ1) is 14.9. The zero-order valence-electron chi connectivity index (χ0n) is 11.1. The smallest absolute Gasteiger partial charge is 0.261 e. The first-order valence-electron chi connectivity index (χ1n) is 6.26. The van der Waals surface area contributed by atoms with Crippen LogP contribution in [0.5, 0.6) is 0 Å². The SMILES string of the molecule is Cc1ccc(S(=O)(=O)Nc2ccc(CCCl)cc2)cc1. The molecule has 0 saturated carbocycles. The maximum absolute atomic E-state index is 12.2. The molecule has 0 fully saturated rings. The second-order valence-electron chi connectivity index (χ2n) is 4.55. The van der Waals surface area contributed by atoms with Crippen LogP contribution in [0.2, 0.25) is 0 Å². The molecule has 20 heavy (non-hydrogen) atoms. The lowest BCUT2D eigenvalue weighted by atomic mass is 10.2. The lowest BCUT2D eigenvalue weighted by molar-refractivity contribution is 0.601. The van der Waals surface area contributed by atoms with Crippen LogP contribution in [-0.2, 0) is 16.4 Å². The van der Waals surface area contributed by atoms with Gasteiger partial charge in [0.05, 0.1) is 4.90 Å². The van der Waals surface area contributed by atoms with E-state index in [1.807, 2.05) is 19.1 Å². The van der Waals surface area contributed by atoms with Gasteiger partial charge in [0.2, 0.25) is 0 Å². The number of sulfonamides is 1. The fourth-order valence-electron chi connectivity index (χ4n) is 1.78. The van der Waals surface area contributed by atoms with Crippen molar-refractivity contribution in [3.05, 3.63) is 59.7 Å². The second-order valence-corrected chi connectivity index (χ2v) is 6.61. The molecule has 0 radical (unpaired) electrons. The minimum Gasteiger partial charge on any atom is -0.280 e. The minimum atomic E-state index is -3.53. The molecule has 0 bridgehead atoms. The van der Waals surface area contributed by atoms with Crippen molar-refractivity contribution in [1.29, 1.82) is 0 Å². The summed E-state index contributed by atoms with van der Waals surface area (Å²) in [5.41, 5.74) is 2.65. The molecular weight excluding hydrogens is 294 g/mol.